The summed E-state index contributed by atoms with van der Waals surface area (Å²) in [6, 6.07) is 4.57. The number of aliphatic hydroxyl groups is 2. The summed E-state index contributed by atoms with van der Waals surface area (Å²) in [6.07, 6.45) is 6.14. The zero-order valence-corrected chi connectivity index (χ0v) is 13.2. The quantitative estimate of drug-likeness (QED) is 0.864. The molecule has 4 nitrogen and oxygen atoms in total. The fourth-order valence-electron chi connectivity index (χ4n) is 5.22. The Morgan fingerprint density at radius 3 is 2.91 bits per heavy atom. The molecule has 5 rings (SSSR count). The Balaban J connectivity index is 1.84. The van der Waals surface area contributed by atoms with Gasteiger partial charge in [0.25, 0.3) is 0 Å². The maximum atomic E-state index is 9.83. The Bertz CT molecular complexity index is 766. The van der Waals surface area contributed by atoms with Crippen LogP contribution >= 0.6 is 0 Å². The summed E-state index contributed by atoms with van der Waals surface area (Å²) in [6.45, 7) is 1.04. The van der Waals surface area contributed by atoms with Gasteiger partial charge in [-0.2, -0.15) is 0 Å². The molecule has 2 aliphatic carbocycles. The Morgan fingerprint density at radius 2 is 2.13 bits per heavy atom. The second kappa shape index (κ2) is 4.47. The number of likely N-dealkylation sites (N-methyl/N-ethyl adjacent to an activating group) is 1. The maximum Gasteiger partial charge on any atom is 0.136 e. The van der Waals surface area contributed by atoms with Crippen molar-refractivity contribution in [3.8, 4) is 5.75 Å². The van der Waals surface area contributed by atoms with Crippen molar-refractivity contribution >= 4 is 0 Å². The monoisotopic (exact) mass is 311 g/mol. The molecule has 0 saturated carbocycles. The summed E-state index contributed by atoms with van der Waals surface area (Å²) in [7, 11) is 2.20. The molecule has 1 fully saturated rings. The van der Waals surface area contributed by atoms with E-state index in [1.54, 1.807) is 0 Å². The molecule has 1 saturated heterocycles. The second-order valence-electron chi connectivity index (χ2n) is 7.19. The SMILES string of the molecule is CN1CC[C@@]23C4=CC=C(CO)C2Oc2c(CO)ccc(c23)CC41. The molecule has 2 unspecified atom stereocenters. The van der Waals surface area contributed by atoms with Gasteiger partial charge in [0, 0.05) is 17.2 Å². The van der Waals surface area contributed by atoms with Crippen molar-refractivity contribution in [1.29, 1.82) is 0 Å². The van der Waals surface area contributed by atoms with Crippen LogP contribution in [0.5, 0.6) is 5.75 Å². The minimum atomic E-state index is -0.141. The van der Waals surface area contributed by atoms with Crippen molar-refractivity contribution in [1.82, 2.24) is 4.90 Å². The summed E-state index contributed by atoms with van der Waals surface area (Å²) in [4.78, 5) is 2.44. The number of rotatable bonds is 2. The van der Waals surface area contributed by atoms with Crippen LogP contribution in [0.2, 0.25) is 0 Å². The molecule has 4 heteroatoms. The Kier molecular flexibility index (Phi) is 2.68. The van der Waals surface area contributed by atoms with Gasteiger partial charge in [0.05, 0.1) is 18.6 Å². The average Bonchev–Trinajstić information content (AvgIpc) is 2.92. The molecule has 2 heterocycles. The predicted octanol–water partition coefficient (Wildman–Crippen LogP) is 1.30. The molecule has 23 heavy (non-hydrogen) atoms. The molecule has 3 atom stereocenters. The number of hydrogen-bond donors (Lipinski definition) is 2. The van der Waals surface area contributed by atoms with Crippen LogP contribution in [0.4, 0.5) is 0 Å². The average molecular weight is 311 g/mol. The number of benzene rings is 1. The molecular formula is C19H21NO3. The first-order chi connectivity index (χ1) is 11.2. The van der Waals surface area contributed by atoms with Gasteiger partial charge in [-0.1, -0.05) is 24.3 Å². The highest BCUT2D eigenvalue weighted by molar-refractivity contribution is 5.66. The van der Waals surface area contributed by atoms with E-state index < -0.39 is 0 Å². The first kappa shape index (κ1) is 13.8. The number of allylic oxidation sites excluding steroid dienone is 2. The van der Waals surface area contributed by atoms with E-state index >= 15 is 0 Å². The first-order valence-corrected chi connectivity index (χ1v) is 8.35. The number of ether oxygens (including phenoxy) is 1. The number of nitrogens with zero attached hydrogens (tertiary/aromatic N) is 1. The van der Waals surface area contributed by atoms with E-state index in [9.17, 15) is 10.2 Å². The van der Waals surface area contributed by atoms with Crippen LogP contribution in [0.15, 0.2) is 35.4 Å². The molecule has 1 aromatic carbocycles. The molecular weight excluding hydrogens is 290 g/mol. The van der Waals surface area contributed by atoms with Crippen molar-refractivity contribution < 1.29 is 14.9 Å². The van der Waals surface area contributed by atoms with E-state index in [4.69, 9.17) is 4.74 Å². The molecule has 1 spiro atoms. The van der Waals surface area contributed by atoms with Crippen molar-refractivity contribution in [3.63, 3.8) is 0 Å². The lowest BCUT2D eigenvalue weighted by atomic mass is 9.56. The molecule has 0 radical (unpaired) electrons. The normalized spacial score (nSPS) is 33.7. The van der Waals surface area contributed by atoms with Crippen molar-refractivity contribution in [2.75, 3.05) is 20.2 Å². The fourth-order valence-corrected chi connectivity index (χ4v) is 5.22. The minimum Gasteiger partial charge on any atom is -0.484 e. The van der Waals surface area contributed by atoms with Crippen LogP contribution in [-0.4, -0.2) is 47.5 Å². The van der Waals surface area contributed by atoms with Crippen LogP contribution in [0, 0.1) is 0 Å². The first-order valence-electron chi connectivity index (χ1n) is 8.35. The van der Waals surface area contributed by atoms with Crippen LogP contribution in [0.1, 0.15) is 23.1 Å². The third kappa shape index (κ3) is 1.47. The van der Waals surface area contributed by atoms with E-state index in [0.717, 1.165) is 36.3 Å². The lowest BCUT2D eigenvalue weighted by molar-refractivity contribution is 0.104. The third-order valence-electron chi connectivity index (χ3n) is 6.30. The Labute approximate surface area is 135 Å². The van der Waals surface area contributed by atoms with Gasteiger partial charge < -0.3 is 14.9 Å². The van der Waals surface area contributed by atoms with Gasteiger partial charge in [0.1, 0.15) is 11.9 Å². The van der Waals surface area contributed by atoms with Gasteiger partial charge in [-0.05, 0) is 43.1 Å². The van der Waals surface area contributed by atoms with Gasteiger partial charge in [-0.15, -0.1) is 0 Å². The summed E-state index contributed by atoms with van der Waals surface area (Å²) >= 11 is 0. The van der Waals surface area contributed by atoms with Gasteiger partial charge >= 0.3 is 0 Å². The van der Waals surface area contributed by atoms with E-state index in [0.29, 0.717) is 6.04 Å². The number of likely N-dealkylation sites (tertiary alicyclic amines) is 1. The third-order valence-corrected chi connectivity index (χ3v) is 6.30. The number of aliphatic hydroxyl groups excluding tert-OH is 2. The van der Waals surface area contributed by atoms with E-state index in [-0.39, 0.29) is 24.7 Å². The molecule has 2 N–H and O–H groups in total. The summed E-state index contributed by atoms with van der Waals surface area (Å²) < 4.78 is 6.39. The van der Waals surface area contributed by atoms with Crippen LogP contribution in [0.3, 0.4) is 0 Å². The largest absolute Gasteiger partial charge is 0.484 e. The van der Waals surface area contributed by atoms with Gasteiger partial charge in [-0.25, -0.2) is 0 Å². The number of piperidine rings is 1. The van der Waals surface area contributed by atoms with Crippen molar-refractivity contribution in [3.05, 3.63) is 52.1 Å². The second-order valence-corrected chi connectivity index (χ2v) is 7.19. The van der Waals surface area contributed by atoms with Crippen molar-refractivity contribution in [2.24, 2.45) is 0 Å². The molecule has 4 aliphatic rings. The topological polar surface area (TPSA) is 52.9 Å². The lowest BCUT2D eigenvalue weighted by Crippen LogP contribution is -2.58. The standard InChI is InChI=1S/C19H21NO3/c1-20-7-6-19-14-5-4-13(10-22)18(19)23-17-12(9-21)3-2-11(16(17)19)8-15(14)20/h2-5,15,18,21-22H,6-10H2,1H3/t15?,18?,19-/m0/s1. The smallest absolute Gasteiger partial charge is 0.136 e. The van der Waals surface area contributed by atoms with E-state index in [1.165, 1.54) is 16.7 Å². The van der Waals surface area contributed by atoms with Crippen molar-refractivity contribution in [2.45, 2.75) is 37.0 Å². The van der Waals surface area contributed by atoms with Gasteiger partial charge in [-0.3, -0.25) is 4.90 Å². The maximum absolute atomic E-state index is 9.83. The van der Waals surface area contributed by atoms with Gasteiger partial charge in [0.15, 0.2) is 0 Å². The van der Waals surface area contributed by atoms with Crippen LogP contribution < -0.4 is 4.74 Å². The zero-order valence-electron chi connectivity index (χ0n) is 13.2. The Hall–Kier alpha value is -1.62. The fraction of sp³-hybridized carbons (Fsp3) is 0.474. The summed E-state index contributed by atoms with van der Waals surface area (Å²) in [5, 5.41) is 19.6. The predicted molar refractivity (Wildman–Crippen MR) is 86.4 cm³/mol. The highest BCUT2D eigenvalue weighted by Crippen LogP contribution is 2.61. The molecule has 1 aromatic rings. The molecule has 2 bridgehead atoms. The molecule has 120 valence electrons. The highest BCUT2D eigenvalue weighted by atomic mass is 16.5. The zero-order chi connectivity index (χ0) is 15.8. The summed E-state index contributed by atoms with van der Waals surface area (Å²) in [5.41, 5.74) is 5.72. The summed E-state index contributed by atoms with van der Waals surface area (Å²) in [5.74, 6) is 0.866. The van der Waals surface area contributed by atoms with Crippen LogP contribution in [0.25, 0.3) is 0 Å². The lowest BCUT2D eigenvalue weighted by Gasteiger charge is -2.53. The highest BCUT2D eigenvalue weighted by Gasteiger charge is 2.60. The van der Waals surface area contributed by atoms with Crippen LogP contribution in [-0.2, 0) is 18.4 Å². The van der Waals surface area contributed by atoms with E-state index in [2.05, 4.69) is 24.1 Å². The van der Waals surface area contributed by atoms with E-state index in [1.807, 2.05) is 12.1 Å². The molecule has 2 aliphatic heterocycles. The Morgan fingerprint density at radius 1 is 1.26 bits per heavy atom. The molecule has 0 aromatic heterocycles. The minimum absolute atomic E-state index is 0.00797. The number of hydrogen-bond acceptors (Lipinski definition) is 4. The molecule has 0 amide bonds. The van der Waals surface area contributed by atoms with Gasteiger partial charge in [0.2, 0.25) is 0 Å².